The first-order chi connectivity index (χ1) is 9.81. The molecule has 1 aliphatic rings. The van der Waals surface area contributed by atoms with Crippen molar-refractivity contribution in [3.63, 3.8) is 0 Å². The first-order valence-corrected chi connectivity index (χ1v) is 6.42. The van der Waals surface area contributed by atoms with E-state index in [0.717, 1.165) is 12.1 Å². The Balaban J connectivity index is 2.16. The Bertz CT molecular complexity index is 593. The van der Waals surface area contributed by atoms with Crippen molar-refractivity contribution < 1.29 is 23.1 Å². The smallest absolute Gasteiger partial charge is 0.417 e. The van der Waals surface area contributed by atoms with Crippen molar-refractivity contribution in [3.8, 4) is 6.07 Å². The number of carbonyl (C=O) groups is 1. The number of halogens is 3. The van der Waals surface area contributed by atoms with Crippen LogP contribution in [0.2, 0.25) is 0 Å². The zero-order valence-electron chi connectivity index (χ0n) is 10.9. The summed E-state index contributed by atoms with van der Waals surface area (Å²) >= 11 is 0. The molecule has 0 amide bonds. The van der Waals surface area contributed by atoms with Gasteiger partial charge in [0.15, 0.2) is 0 Å². The summed E-state index contributed by atoms with van der Waals surface area (Å²) in [6, 6.07) is 4.77. The Morgan fingerprint density at radius 2 is 2.10 bits per heavy atom. The molecule has 7 heteroatoms. The van der Waals surface area contributed by atoms with Crippen LogP contribution < -0.4 is 5.32 Å². The topological polar surface area (TPSA) is 73.1 Å². The fourth-order valence-corrected chi connectivity index (χ4v) is 2.54. The Morgan fingerprint density at radius 3 is 2.62 bits per heavy atom. The second kappa shape index (κ2) is 5.64. The van der Waals surface area contributed by atoms with Gasteiger partial charge in [0.25, 0.3) is 0 Å². The molecule has 0 aliphatic heterocycles. The van der Waals surface area contributed by atoms with Crippen molar-refractivity contribution in [2.75, 3.05) is 5.32 Å². The van der Waals surface area contributed by atoms with Crippen molar-refractivity contribution in [3.05, 3.63) is 29.3 Å². The van der Waals surface area contributed by atoms with Gasteiger partial charge in [-0.3, -0.25) is 4.79 Å². The predicted molar refractivity (Wildman–Crippen MR) is 68.5 cm³/mol. The fraction of sp³-hybridized carbons (Fsp3) is 0.429. The number of benzene rings is 1. The number of hydrogen-bond donors (Lipinski definition) is 2. The van der Waals surface area contributed by atoms with Gasteiger partial charge in [0.2, 0.25) is 0 Å². The third-order valence-corrected chi connectivity index (χ3v) is 3.60. The maximum atomic E-state index is 12.8. The van der Waals surface area contributed by atoms with Crippen molar-refractivity contribution in [2.24, 2.45) is 5.92 Å². The van der Waals surface area contributed by atoms with Crippen LogP contribution in [-0.2, 0) is 11.0 Å². The number of alkyl halides is 3. The van der Waals surface area contributed by atoms with Gasteiger partial charge in [0.05, 0.1) is 23.1 Å². The zero-order valence-corrected chi connectivity index (χ0v) is 10.9. The SMILES string of the molecule is N#Cc1ccc(N[C@H]2CC[C@@H](C(=O)O)C2)cc1C(F)(F)F. The lowest BCUT2D eigenvalue weighted by Crippen LogP contribution is -2.18. The number of anilines is 1. The van der Waals surface area contributed by atoms with Crippen LogP contribution in [-0.4, -0.2) is 17.1 Å². The molecule has 1 aliphatic carbocycles. The van der Waals surface area contributed by atoms with Gasteiger partial charge < -0.3 is 10.4 Å². The number of rotatable bonds is 3. The van der Waals surface area contributed by atoms with E-state index >= 15 is 0 Å². The molecule has 1 fully saturated rings. The van der Waals surface area contributed by atoms with E-state index in [9.17, 15) is 18.0 Å². The number of carboxylic acid groups (broad SMARTS) is 1. The number of carboxylic acids is 1. The van der Waals surface area contributed by atoms with Crippen molar-refractivity contribution in [1.29, 1.82) is 5.26 Å². The summed E-state index contributed by atoms with van der Waals surface area (Å²) < 4.78 is 38.5. The number of nitrogens with one attached hydrogen (secondary N) is 1. The molecule has 1 aromatic carbocycles. The molecular formula is C14H13F3N2O2. The van der Waals surface area contributed by atoms with Crippen LogP contribution in [0, 0.1) is 17.2 Å². The fourth-order valence-electron chi connectivity index (χ4n) is 2.54. The zero-order chi connectivity index (χ0) is 15.6. The molecule has 0 spiro atoms. The second-order valence-corrected chi connectivity index (χ2v) is 5.06. The largest absolute Gasteiger partial charge is 0.481 e. The molecular weight excluding hydrogens is 285 g/mol. The molecule has 0 bridgehead atoms. The maximum absolute atomic E-state index is 12.8. The molecule has 0 radical (unpaired) electrons. The molecule has 2 rings (SSSR count). The standard InChI is InChI=1S/C14H13F3N2O2/c15-14(16,17)12-6-11(4-2-9(12)7-18)19-10-3-1-8(5-10)13(20)21/h2,4,6,8,10,19H,1,3,5H2,(H,20,21)/t8-,10+/m1/s1. The van der Waals surface area contributed by atoms with Crippen LogP contribution in [0.15, 0.2) is 18.2 Å². The highest BCUT2D eigenvalue weighted by Crippen LogP contribution is 2.35. The number of aliphatic carboxylic acids is 1. The minimum Gasteiger partial charge on any atom is -0.481 e. The predicted octanol–water partition coefficient (Wildman–Crippen LogP) is 3.24. The van der Waals surface area contributed by atoms with Gasteiger partial charge in [-0.25, -0.2) is 0 Å². The van der Waals surface area contributed by atoms with E-state index in [0.29, 0.717) is 19.3 Å². The lowest BCUT2D eigenvalue weighted by atomic mass is 10.1. The van der Waals surface area contributed by atoms with Gasteiger partial charge in [-0.2, -0.15) is 18.4 Å². The molecule has 112 valence electrons. The van der Waals surface area contributed by atoms with Gasteiger partial charge in [0, 0.05) is 11.7 Å². The Labute approximate surface area is 119 Å². The minimum atomic E-state index is -4.60. The van der Waals surface area contributed by atoms with Gasteiger partial charge in [0.1, 0.15) is 0 Å². The van der Waals surface area contributed by atoms with Gasteiger partial charge in [-0.1, -0.05) is 0 Å². The first kappa shape index (κ1) is 15.2. The highest BCUT2D eigenvalue weighted by molar-refractivity contribution is 5.70. The van der Waals surface area contributed by atoms with Crippen LogP contribution in [0.1, 0.15) is 30.4 Å². The molecule has 0 heterocycles. The summed E-state index contributed by atoms with van der Waals surface area (Å²) in [5, 5.41) is 20.5. The summed E-state index contributed by atoms with van der Waals surface area (Å²) in [6.07, 6.45) is -3.10. The van der Waals surface area contributed by atoms with Gasteiger partial charge >= 0.3 is 12.1 Å². The van der Waals surface area contributed by atoms with E-state index in [1.54, 1.807) is 0 Å². The van der Waals surface area contributed by atoms with Gasteiger partial charge in [-0.05, 0) is 37.5 Å². The summed E-state index contributed by atoms with van der Waals surface area (Å²) in [4.78, 5) is 10.9. The normalized spacial score (nSPS) is 21.8. The minimum absolute atomic E-state index is 0.167. The van der Waals surface area contributed by atoms with E-state index in [-0.39, 0.29) is 11.7 Å². The van der Waals surface area contributed by atoms with Crippen molar-refractivity contribution in [1.82, 2.24) is 0 Å². The molecule has 0 saturated heterocycles. The van der Waals surface area contributed by atoms with E-state index in [4.69, 9.17) is 10.4 Å². The van der Waals surface area contributed by atoms with Crippen LogP contribution >= 0.6 is 0 Å². The monoisotopic (exact) mass is 298 g/mol. The van der Waals surface area contributed by atoms with E-state index in [2.05, 4.69) is 5.32 Å². The van der Waals surface area contributed by atoms with Crippen LogP contribution in [0.5, 0.6) is 0 Å². The van der Waals surface area contributed by atoms with E-state index < -0.39 is 29.2 Å². The van der Waals surface area contributed by atoms with Gasteiger partial charge in [-0.15, -0.1) is 0 Å². The Hall–Kier alpha value is -2.23. The summed E-state index contributed by atoms with van der Waals surface area (Å²) in [5.74, 6) is -1.34. The average molecular weight is 298 g/mol. The third kappa shape index (κ3) is 3.45. The van der Waals surface area contributed by atoms with E-state index in [1.165, 1.54) is 12.1 Å². The lowest BCUT2D eigenvalue weighted by molar-refractivity contribution is -0.141. The molecule has 4 nitrogen and oxygen atoms in total. The highest BCUT2D eigenvalue weighted by atomic mass is 19.4. The molecule has 0 aromatic heterocycles. The maximum Gasteiger partial charge on any atom is 0.417 e. The molecule has 2 N–H and O–H groups in total. The number of nitriles is 1. The molecule has 1 aromatic rings. The second-order valence-electron chi connectivity index (χ2n) is 5.06. The number of hydrogen-bond acceptors (Lipinski definition) is 3. The summed E-state index contributed by atoms with van der Waals surface area (Å²) in [7, 11) is 0. The molecule has 2 atom stereocenters. The molecule has 21 heavy (non-hydrogen) atoms. The highest BCUT2D eigenvalue weighted by Gasteiger charge is 2.34. The quantitative estimate of drug-likeness (QED) is 0.898. The van der Waals surface area contributed by atoms with Crippen LogP contribution in [0.25, 0.3) is 0 Å². The Kier molecular flexibility index (Phi) is 4.07. The van der Waals surface area contributed by atoms with Crippen molar-refractivity contribution in [2.45, 2.75) is 31.5 Å². The first-order valence-electron chi connectivity index (χ1n) is 6.42. The molecule has 0 unspecified atom stereocenters. The summed E-state index contributed by atoms with van der Waals surface area (Å²) in [5.41, 5.74) is -1.16. The summed E-state index contributed by atoms with van der Waals surface area (Å²) in [6.45, 7) is 0. The van der Waals surface area contributed by atoms with Crippen LogP contribution in [0.3, 0.4) is 0 Å². The lowest BCUT2D eigenvalue weighted by Gasteiger charge is -2.16. The van der Waals surface area contributed by atoms with Crippen LogP contribution in [0.4, 0.5) is 18.9 Å². The third-order valence-electron chi connectivity index (χ3n) is 3.60. The van der Waals surface area contributed by atoms with Crippen molar-refractivity contribution >= 4 is 11.7 Å². The average Bonchev–Trinajstić information content (AvgIpc) is 2.86. The number of nitrogens with zero attached hydrogens (tertiary/aromatic N) is 1. The molecule has 1 saturated carbocycles. The van der Waals surface area contributed by atoms with E-state index in [1.807, 2.05) is 0 Å². The Morgan fingerprint density at radius 1 is 1.38 bits per heavy atom.